The molecule has 42 heavy (non-hydrogen) atoms. The molecule has 11 heteroatoms. The van der Waals surface area contributed by atoms with Crippen LogP contribution in [0.2, 0.25) is 0 Å². The molecule has 2 heterocycles. The number of carbonyl (C=O) groups excluding carboxylic acids is 2. The number of carboxylic acids is 2. The molecule has 4 rings (SSSR count). The molecule has 2 amide bonds. The minimum atomic E-state index is -0.991. The first-order valence-electron chi connectivity index (χ1n) is 14.0. The van der Waals surface area contributed by atoms with Crippen LogP contribution in [0.4, 0.5) is 0 Å². The van der Waals surface area contributed by atoms with Crippen LogP contribution in [-0.4, -0.2) is 64.6 Å². The maximum absolute atomic E-state index is 12.6. The predicted octanol–water partition coefficient (Wildman–Crippen LogP) is 3.62. The second-order valence-corrected chi connectivity index (χ2v) is 11.0. The van der Waals surface area contributed by atoms with Crippen molar-refractivity contribution in [3.63, 3.8) is 0 Å². The number of hydrogen-bond donors (Lipinski definition) is 2. The Balaban J connectivity index is 1.34. The van der Waals surface area contributed by atoms with Gasteiger partial charge in [0.05, 0.1) is 32.7 Å². The molecule has 0 radical (unpaired) electrons. The lowest BCUT2D eigenvalue weighted by molar-refractivity contribution is -0.145. The van der Waals surface area contributed by atoms with Gasteiger partial charge in [-0.3, -0.25) is 19.2 Å². The van der Waals surface area contributed by atoms with E-state index in [9.17, 15) is 19.2 Å². The number of hydrogen-bond acceptors (Lipinski definition) is 7. The van der Waals surface area contributed by atoms with Crippen LogP contribution in [0.1, 0.15) is 60.9 Å². The molecule has 2 aromatic rings. The molecule has 11 nitrogen and oxygen atoms in total. The number of nitrogens with zero attached hydrogens (tertiary/aromatic N) is 2. The number of ether oxygens (including phenoxy) is 3. The Kier molecular flexibility index (Phi) is 9.59. The predicted molar refractivity (Wildman–Crippen MR) is 151 cm³/mol. The van der Waals surface area contributed by atoms with Crippen molar-refractivity contribution in [2.45, 2.75) is 65.7 Å². The average Bonchev–Trinajstić information content (AvgIpc) is 3.57. The minimum absolute atomic E-state index is 0.0327. The third-order valence-corrected chi connectivity index (χ3v) is 7.89. The first kappa shape index (κ1) is 30.7. The van der Waals surface area contributed by atoms with Crippen LogP contribution >= 0.6 is 0 Å². The van der Waals surface area contributed by atoms with Crippen molar-refractivity contribution >= 4 is 23.8 Å². The van der Waals surface area contributed by atoms with Gasteiger partial charge in [-0.2, -0.15) is 0 Å². The van der Waals surface area contributed by atoms with Gasteiger partial charge in [-0.25, -0.2) is 0 Å². The zero-order valence-corrected chi connectivity index (χ0v) is 24.5. The Hall–Kier alpha value is -4.28. The van der Waals surface area contributed by atoms with Gasteiger partial charge in [0.15, 0.2) is 11.5 Å². The molecule has 2 aromatic carbocycles. The Labute approximate surface area is 245 Å². The van der Waals surface area contributed by atoms with Crippen LogP contribution in [0.5, 0.6) is 17.2 Å². The van der Waals surface area contributed by atoms with Gasteiger partial charge in [-0.1, -0.05) is 13.8 Å². The highest BCUT2D eigenvalue weighted by atomic mass is 16.5. The molecule has 2 atom stereocenters. The molecule has 226 valence electrons. The number of methoxy groups -OCH3 is 2. The molecule has 2 aliphatic rings. The number of aryl methyl sites for hydroxylation is 1. The Morgan fingerprint density at radius 1 is 0.714 bits per heavy atom. The van der Waals surface area contributed by atoms with Crippen molar-refractivity contribution in [1.82, 2.24) is 9.80 Å². The highest BCUT2D eigenvalue weighted by molar-refractivity contribution is 5.83. The Bertz CT molecular complexity index is 1270. The van der Waals surface area contributed by atoms with E-state index >= 15 is 0 Å². The van der Waals surface area contributed by atoms with E-state index in [1.807, 2.05) is 18.2 Å². The second-order valence-electron chi connectivity index (χ2n) is 11.0. The normalized spacial score (nSPS) is 15.0. The molecule has 2 aliphatic heterocycles. The first-order valence-corrected chi connectivity index (χ1v) is 14.0. The molecule has 0 bridgehead atoms. The van der Waals surface area contributed by atoms with Gasteiger partial charge in [0.2, 0.25) is 11.8 Å². The summed E-state index contributed by atoms with van der Waals surface area (Å²) in [6, 6.07) is 7.75. The van der Waals surface area contributed by atoms with Gasteiger partial charge in [-0.15, -0.1) is 0 Å². The molecule has 0 spiro atoms. The number of amides is 2. The summed E-state index contributed by atoms with van der Waals surface area (Å²) in [7, 11) is 3.17. The van der Waals surface area contributed by atoms with Crippen molar-refractivity contribution < 1.29 is 43.6 Å². The number of fused-ring (bicyclic) bond motifs is 2. The van der Waals surface area contributed by atoms with Crippen LogP contribution in [0.25, 0.3) is 0 Å². The molecular weight excluding hydrogens is 544 g/mol. The fourth-order valence-corrected chi connectivity index (χ4v) is 5.30. The van der Waals surface area contributed by atoms with E-state index in [-0.39, 0.29) is 24.7 Å². The first-order chi connectivity index (χ1) is 20.0. The highest BCUT2D eigenvalue weighted by Gasteiger charge is 2.29. The lowest BCUT2D eigenvalue weighted by atomic mass is 10.0. The van der Waals surface area contributed by atoms with Crippen molar-refractivity contribution in [3.8, 4) is 17.2 Å². The van der Waals surface area contributed by atoms with Gasteiger partial charge >= 0.3 is 11.9 Å². The van der Waals surface area contributed by atoms with Crippen molar-refractivity contribution in [2.75, 3.05) is 20.8 Å². The quantitative estimate of drug-likeness (QED) is 0.339. The summed E-state index contributed by atoms with van der Waals surface area (Å²) in [6.45, 7) is 5.13. The molecule has 0 aliphatic carbocycles. The third kappa shape index (κ3) is 6.95. The Morgan fingerprint density at radius 3 is 1.60 bits per heavy atom. The number of carbonyl (C=O) groups is 4. The van der Waals surface area contributed by atoms with Crippen molar-refractivity contribution in [2.24, 2.45) is 11.8 Å². The van der Waals surface area contributed by atoms with E-state index in [4.69, 9.17) is 24.4 Å². The fourth-order valence-electron chi connectivity index (χ4n) is 5.30. The summed E-state index contributed by atoms with van der Waals surface area (Å²) in [4.78, 5) is 50.8. The summed E-state index contributed by atoms with van der Waals surface area (Å²) in [5, 5.41) is 18.3. The van der Waals surface area contributed by atoms with Crippen LogP contribution in [0, 0.1) is 11.8 Å². The number of aliphatic carboxylic acids is 2. The fraction of sp³-hybridized carbons (Fsp3) is 0.484. The largest absolute Gasteiger partial charge is 0.496 e. The molecule has 0 saturated carbocycles. The van der Waals surface area contributed by atoms with E-state index in [0.717, 1.165) is 33.6 Å². The highest BCUT2D eigenvalue weighted by Crippen LogP contribution is 2.36. The topological polar surface area (TPSA) is 143 Å². The lowest BCUT2D eigenvalue weighted by Gasteiger charge is -2.16. The molecule has 0 saturated heterocycles. The molecule has 2 N–H and O–H groups in total. The number of benzene rings is 2. The van der Waals surface area contributed by atoms with Gasteiger partial charge in [0.1, 0.15) is 5.75 Å². The standard InChI is InChI=1S/C31H38N2O9/c1-18(30(36)37)8-28(34)32-14-21-10-20(25(40-3)11-22(21)15-32)6-5-7-42-27-13-24-17-33(16-23(24)12-26(27)41-4)29(35)9-19(2)31(38)39/h10-13,18-19H,5-9,14-17H2,1-4H3,(H,36,37)(H,38,39). The van der Waals surface area contributed by atoms with E-state index in [2.05, 4.69) is 6.07 Å². The molecule has 0 aromatic heterocycles. The van der Waals surface area contributed by atoms with E-state index in [1.165, 1.54) is 13.8 Å². The average molecular weight is 583 g/mol. The summed E-state index contributed by atoms with van der Waals surface area (Å²) >= 11 is 0. The number of rotatable bonds is 13. The summed E-state index contributed by atoms with van der Waals surface area (Å²) in [5.41, 5.74) is 4.91. The van der Waals surface area contributed by atoms with Gasteiger partial charge in [0, 0.05) is 39.0 Å². The zero-order chi connectivity index (χ0) is 30.6. The summed E-state index contributed by atoms with van der Waals surface area (Å²) < 4.78 is 17.3. The van der Waals surface area contributed by atoms with E-state index in [0.29, 0.717) is 57.1 Å². The van der Waals surface area contributed by atoms with E-state index < -0.39 is 23.8 Å². The van der Waals surface area contributed by atoms with Gasteiger partial charge in [0.25, 0.3) is 0 Å². The lowest BCUT2D eigenvalue weighted by Crippen LogP contribution is -2.28. The van der Waals surface area contributed by atoms with Crippen LogP contribution in [0.15, 0.2) is 24.3 Å². The van der Waals surface area contributed by atoms with Gasteiger partial charge in [-0.05, 0) is 64.9 Å². The van der Waals surface area contributed by atoms with Crippen LogP contribution in [-0.2, 0) is 51.8 Å². The summed E-state index contributed by atoms with van der Waals surface area (Å²) in [5.74, 6) is -1.95. The molecule has 2 unspecified atom stereocenters. The van der Waals surface area contributed by atoms with Crippen LogP contribution < -0.4 is 14.2 Å². The third-order valence-electron chi connectivity index (χ3n) is 7.89. The second kappa shape index (κ2) is 13.1. The monoisotopic (exact) mass is 582 g/mol. The number of carboxylic acid groups (broad SMARTS) is 2. The SMILES string of the molecule is COc1cc2c(cc1CCCOc1cc3c(cc1OC)CN(C(=O)CC(C)C(=O)O)C3)CN(C(=O)CC(C)C(=O)O)C2. The van der Waals surface area contributed by atoms with Crippen molar-refractivity contribution in [1.29, 1.82) is 0 Å². The maximum Gasteiger partial charge on any atom is 0.306 e. The molecular formula is C31H38N2O9. The van der Waals surface area contributed by atoms with Crippen LogP contribution in [0.3, 0.4) is 0 Å². The smallest absolute Gasteiger partial charge is 0.306 e. The Morgan fingerprint density at radius 2 is 1.14 bits per heavy atom. The maximum atomic E-state index is 12.6. The minimum Gasteiger partial charge on any atom is -0.496 e. The van der Waals surface area contributed by atoms with E-state index in [1.54, 1.807) is 24.0 Å². The zero-order valence-electron chi connectivity index (χ0n) is 24.5. The molecule has 0 fully saturated rings. The van der Waals surface area contributed by atoms with Crippen molar-refractivity contribution in [3.05, 3.63) is 52.1 Å². The summed E-state index contributed by atoms with van der Waals surface area (Å²) in [6.07, 6.45) is 1.28. The van der Waals surface area contributed by atoms with Gasteiger partial charge < -0.3 is 34.2 Å².